The van der Waals surface area contributed by atoms with Crippen LogP contribution in [0.2, 0.25) is 0 Å². The number of nitrogens with zero attached hydrogens (tertiary/aromatic N) is 2. The Bertz CT molecular complexity index is 464. The zero-order chi connectivity index (χ0) is 13.8. The summed E-state index contributed by atoms with van der Waals surface area (Å²) in [4.78, 5) is 28.9. The van der Waals surface area contributed by atoms with E-state index < -0.39 is 0 Å². The van der Waals surface area contributed by atoms with Gasteiger partial charge in [0.1, 0.15) is 0 Å². The molecule has 2 heterocycles. The van der Waals surface area contributed by atoms with Crippen LogP contribution in [0.15, 0.2) is 24.5 Å². The molecule has 1 saturated heterocycles. The van der Waals surface area contributed by atoms with E-state index in [2.05, 4.69) is 4.98 Å². The lowest BCUT2D eigenvalue weighted by molar-refractivity contribution is -0.129. The van der Waals surface area contributed by atoms with Crippen molar-refractivity contribution in [3.05, 3.63) is 30.1 Å². The molecule has 0 bridgehead atoms. The third kappa shape index (κ3) is 3.56. The van der Waals surface area contributed by atoms with Gasteiger partial charge < -0.3 is 4.90 Å². The largest absolute Gasteiger partial charge is 0.336 e. The number of carbonyl (C=O) groups excluding carboxylic acids is 2. The SMILES string of the molecule is CC(=O)SCC1CC(=O)N(C(C)c2ccncc2)C1. The van der Waals surface area contributed by atoms with Crippen LogP contribution in [-0.2, 0) is 9.59 Å². The summed E-state index contributed by atoms with van der Waals surface area (Å²) in [6.07, 6.45) is 4.04. The third-order valence-corrected chi connectivity index (χ3v) is 4.46. The van der Waals surface area contributed by atoms with Gasteiger partial charge in [0.05, 0.1) is 6.04 Å². The maximum Gasteiger partial charge on any atom is 0.223 e. The molecule has 1 fully saturated rings. The van der Waals surface area contributed by atoms with Gasteiger partial charge in [-0.1, -0.05) is 11.8 Å². The summed E-state index contributed by atoms with van der Waals surface area (Å²) in [6.45, 7) is 4.34. The first-order chi connectivity index (χ1) is 9.08. The number of rotatable bonds is 4. The van der Waals surface area contributed by atoms with Crippen molar-refractivity contribution in [3.63, 3.8) is 0 Å². The van der Waals surface area contributed by atoms with E-state index in [4.69, 9.17) is 0 Å². The molecule has 0 radical (unpaired) electrons. The normalized spacial score (nSPS) is 20.6. The van der Waals surface area contributed by atoms with Crippen molar-refractivity contribution >= 4 is 22.8 Å². The summed E-state index contributed by atoms with van der Waals surface area (Å²) in [5.41, 5.74) is 1.10. The molecule has 102 valence electrons. The van der Waals surface area contributed by atoms with Crippen LogP contribution in [-0.4, -0.2) is 33.2 Å². The van der Waals surface area contributed by atoms with Crippen molar-refractivity contribution < 1.29 is 9.59 Å². The fourth-order valence-electron chi connectivity index (χ4n) is 2.35. The van der Waals surface area contributed by atoms with Gasteiger partial charge in [-0.15, -0.1) is 0 Å². The quantitative estimate of drug-likeness (QED) is 0.848. The lowest BCUT2D eigenvalue weighted by Gasteiger charge is -2.25. The molecule has 0 aromatic carbocycles. The fraction of sp³-hybridized carbons (Fsp3) is 0.500. The van der Waals surface area contributed by atoms with Crippen LogP contribution >= 0.6 is 11.8 Å². The Morgan fingerprint density at radius 1 is 1.53 bits per heavy atom. The Hall–Kier alpha value is -1.36. The number of likely N-dealkylation sites (tertiary alicyclic amines) is 1. The van der Waals surface area contributed by atoms with E-state index in [0.717, 1.165) is 17.9 Å². The molecule has 5 heteroatoms. The van der Waals surface area contributed by atoms with Gasteiger partial charge in [-0.2, -0.15) is 0 Å². The van der Waals surface area contributed by atoms with Crippen molar-refractivity contribution in [2.45, 2.75) is 26.3 Å². The molecule has 0 aliphatic carbocycles. The Morgan fingerprint density at radius 3 is 2.84 bits per heavy atom. The zero-order valence-corrected chi connectivity index (χ0v) is 12.0. The van der Waals surface area contributed by atoms with Crippen molar-refractivity contribution in [2.24, 2.45) is 5.92 Å². The minimum atomic E-state index is 0.0721. The number of aromatic nitrogens is 1. The van der Waals surface area contributed by atoms with Gasteiger partial charge in [-0.3, -0.25) is 14.6 Å². The van der Waals surface area contributed by atoms with Crippen LogP contribution in [0.5, 0.6) is 0 Å². The number of pyridine rings is 1. The van der Waals surface area contributed by atoms with Crippen LogP contribution in [0, 0.1) is 5.92 Å². The highest BCUT2D eigenvalue weighted by Gasteiger charge is 2.33. The lowest BCUT2D eigenvalue weighted by Crippen LogP contribution is -2.28. The van der Waals surface area contributed by atoms with Crippen LogP contribution in [0.25, 0.3) is 0 Å². The molecule has 1 aromatic rings. The number of amides is 1. The first-order valence-corrected chi connectivity index (χ1v) is 7.39. The van der Waals surface area contributed by atoms with Gasteiger partial charge in [0, 0.05) is 38.0 Å². The first-order valence-electron chi connectivity index (χ1n) is 6.40. The predicted molar refractivity (Wildman–Crippen MR) is 75.6 cm³/mol. The second-order valence-electron chi connectivity index (χ2n) is 4.88. The minimum Gasteiger partial charge on any atom is -0.336 e. The highest BCUT2D eigenvalue weighted by atomic mass is 32.2. The highest BCUT2D eigenvalue weighted by molar-refractivity contribution is 8.13. The molecule has 1 aromatic heterocycles. The van der Waals surface area contributed by atoms with Gasteiger partial charge in [0.25, 0.3) is 0 Å². The topological polar surface area (TPSA) is 50.3 Å². The third-order valence-electron chi connectivity index (χ3n) is 3.42. The van der Waals surface area contributed by atoms with Crippen LogP contribution < -0.4 is 0 Å². The van der Waals surface area contributed by atoms with Crippen LogP contribution in [0.4, 0.5) is 0 Å². The fourth-order valence-corrected chi connectivity index (χ4v) is 3.05. The maximum atomic E-state index is 12.1. The lowest BCUT2D eigenvalue weighted by atomic mass is 10.1. The molecule has 1 amide bonds. The maximum absolute atomic E-state index is 12.1. The number of hydrogen-bond donors (Lipinski definition) is 0. The molecule has 19 heavy (non-hydrogen) atoms. The average molecular weight is 278 g/mol. The molecule has 0 N–H and O–H groups in total. The Morgan fingerprint density at radius 2 is 2.21 bits per heavy atom. The number of thioether (sulfide) groups is 1. The smallest absolute Gasteiger partial charge is 0.223 e. The molecule has 2 unspecified atom stereocenters. The zero-order valence-electron chi connectivity index (χ0n) is 11.2. The standard InChI is InChI=1S/C14H18N2O2S/c1-10(13-3-5-15-6-4-13)16-8-12(7-14(16)18)9-19-11(2)17/h3-6,10,12H,7-9H2,1-2H3. The number of carbonyl (C=O) groups is 2. The van der Waals surface area contributed by atoms with E-state index in [9.17, 15) is 9.59 Å². The van der Waals surface area contributed by atoms with E-state index in [1.54, 1.807) is 19.3 Å². The van der Waals surface area contributed by atoms with Gasteiger partial charge >= 0.3 is 0 Å². The predicted octanol–water partition coefficient (Wildman–Crippen LogP) is 2.27. The first kappa shape index (κ1) is 14.1. The van der Waals surface area contributed by atoms with Crippen LogP contribution in [0.1, 0.15) is 31.9 Å². The van der Waals surface area contributed by atoms with Crippen molar-refractivity contribution in [1.29, 1.82) is 0 Å². The molecule has 0 saturated carbocycles. The Kier molecular flexibility index (Phi) is 4.58. The minimum absolute atomic E-state index is 0.0721. The molecule has 1 aliphatic rings. The molecule has 0 spiro atoms. The van der Waals surface area contributed by atoms with Crippen molar-refractivity contribution in [2.75, 3.05) is 12.3 Å². The van der Waals surface area contributed by atoms with Gasteiger partial charge in [0.2, 0.25) is 5.91 Å². The second kappa shape index (κ2) is 6.19. The molecule has 2 atom stereocenters. The van der Waals surface area contributed by atoms with E-state index in [1.807, 2.05) is 24.0 Å². The van der Waals surface area contributed by atoms with E-state index in [1.165, 1.54) is 11.8 Å². The number of hydrogen-bond acceptors (Lipinski definition) is 4. The summed E-state index contributed by atoms with van der Waals surface area (Å²) in [5, 5.41) is 0.119. The summed E-state index contributed by atoms with van der Waals surface area (Å²) in [6, 6.07) is 3.95. The van der Waals surface area contributed by atoms with E-state index in [0.29, 0.717) is 6.42 Å². The average Bonchev–Trinajstić information content (AvgIpc) is 2.78. The van der Waals surface area contributed by atoms with Crippen molar-refractivity contribution in [3.8, 4) is 0 Å². The molecular formula is C14H18N2O2S. The second-order valence-corrected chi connectivity index (χ2v) is 6.07. The van der Waals surface area contributed by atoms with Gasteiger partial charge in [-0.25, -0.2) is 0 Å². The molecule has 4 nitrogen and oxygen atoms in total. The Balaban J connectivity index is 1.98. The molecular weight excluding hydrogens is 260 g/mol. The van der Waals surface area contributed by atoms with Crippen LogP contribution in [0.3, 0.4) is 0 Å². The summed E-state index contributed by atoms with van der Waals surface area (Å²) in [7, 11) is 0. The Labute approximate surface area is 117 Å². The monoisotopic (exact) mass is 278 g/mol. The van der Waals surface area contributed by atoms with E-state index >= 15 is 0 Å². The summed E-state index contributed by atoms with van der Waals surface area (Å²) < 4.78 is 0. The van der Waals surface area contributed by atoms with Gasteiger partial charge in [-0.05, 0) is 30.5 Å². The van der Waals surface area contributed by atoms with Gasteiger partial charge in [0.15, 0.2) is 5.12 Å². The van der Waals surface area contributed by atoms with E-state index in [-0.39, 0.29) is 23.0 Å². The van der Waals surface area contributed by atoms with Crippen molar-refractivity contribution in [1.82, 2.24) is 9.88 Å². The summed E-state index contributed by atoms with van der Waals surface area (Å²) >= 11 is 1.31. The summed E-state index contributed by atoms with van der Waals surface area (Å²) in [5.74, 6) is 1.20. The highest BCUT2D eigenvalue weighted by Crippen LogP contribution is 2.29. The molecule has 1 aliphatic heterocycles. The molecule has 2 rings (SSSR count).